The maximum atomic E-state index is 13.0. The number of hydrogen-bond donors (Lipinski definition) is 2. The van der Waals surface area contributed by atoms with Crippen LogP contribution in [0.3, 0.4) is 0 Å². The minimum absolute atomic E-state index is 0.139. The number of fused-ring (bicyclic) bond motifs is 1. The molecule has 0 atom stereocenters. The van der Waals surface area contributed by atoms with Crippen molar-refractivity contribution in [1.29, 1.82) is 0 Å². The molecular formula is C23H22B3F3N6O. The molecule has 1 amide bonds. The second-order valence-electron chi connectivity index (χ2n) is 9.40. The number of anilines is 2. The Bertz CT molecular complexity index is 1470. The van der Waals surface area contributed by atoms with Gasteiger partial charge < -0.3 is 10.6 Å². The van der Waals surface area contributed by atoms with Crippen LogP contribution < -0.4 is 10.6 Å². The SMILES string of the molecule is BC(B)(B)c1nc2nc(NC)ncc2cc1-c1cc(NC(=O)c2ccnc(C(F)(F)F)c2)ccc1C. The van der Waals surface area contributed by atoms with Gasteiger partial charge in [-0.3, -0.25) is 9.78 Å². The molecule has 13 heteroatoms. The van der Waals surface area contributed by atoms with Gasteiger partial charge in [-0.15, -0.1) is 0 Å². The van der Waals surface area contributed by atoms with Gasteiger partial charge in [0, 0.05) is 47.3 Å². The fraction of sp³-hybridized carbons (Fsp3) is 0.174. The molecule has 2 N–H and O–H groups in total. The Morgan fingerprint density at radius 3 is 2.39 bits per heavy atom. The lowest BCUT2D eigenvalue weighted by Gasteiger charge is -2.23. The fourth-order valence-electron chi connectivity index (χ4n) is 3.78. The first-order valence-corrected chi connectivity index (χ1v) is 11.2. The van der Waals surface area contributed by atoms with Gasteiger partial charge in [0.2, 0.25) is 5.95 Å². The van der Waals surface area contributed by atoms with Crippen LogP contribution in [0.4, 0.5) is 24.8 Å². The molecule has 0 bridgehead atoms. The maximum Gasteiger partial charge on any atom is 0.433 e. The average molecular weight is 488 g/mol. The molecule has 0 aliphatic carbocycles. The van der Waals surface area contributed by atoms with Gasteiger partial charge in [-0.1, -0.05) is 11.2 Å². The molecule has 3 aromatic heterocycles. The number of aromatic nitrogens is 4. The minimum atomic E-state index is -4.64. The van der Waals surface area contributed by atoms with E-state index in [2.05, 4.69) is 25.6 Å². The molecule has 0 aliphatic heterocycles. The van der Waals surface area contributed by atoms with Crippen molar-refractivity contribution < 1.29 is 18.0 Å². The number of amides is 1. The number of aryl methyl sites for hydroxylation is 1. The summed E-state index contributed by atoms with van der Waals surface area (Å²) in [5.41, 5.74) is 3.17. The normalized spacial score (nSPS) is 11.9. The zero-order chi connectivity index (χ0) is 26.3. The highest BCUT2D eigenvalue weighted by atomic mass is 19.4. The average Bonchev–Trinajstić information content (AvgIpc) is 2.83. The molecule has 0 unspecified atom stereocenters. The molecule has 1 aromatic carbocycles. The predicted molar refractivity (Wildman–Crippen MR) is 142 cm³/mol. The second kappa shape index (κ2) is 9.29. The molecular weight excluding hydrogens is 466 g/mol. The summed E-state index contributed by atoms with van der Waals surface area (Å²) >= 11 is 0. The zero-order valence-electron chi connectivity index (χ0n) is 20.4. The zero-order valence-corrected chi connectivity index (χ0v) is 20.4. The van der Waals surface area contributed by atoms with E-state index in [9.17, 15) is 18.0 Å². The summed E-state index contributed by atoms with van der Waals surface area (Å²) in [7, 11) is 7.88. The molecule has 0 spiro atoms. The Labute approximate surface area is 208 Å². The summed E-state index contributed by atoms with van der Waals surface area (Å²) < 4.78 is 39.1. The van der Waals surface area contributed by atoms with Crippen LogP contribution >= 0.6 is 0 Å². The monoisotopic (exact) mass is 488 g/mol. The van der Waals surface area contributed by atoms with Crippen molar-refractivity contribution in [3.8, 4) is 11.1 Å². The largest absolute Gasteiger partial charge is 0.433 e. The smallest absolute Gasteiger partial charge is 0.357 e. The first-order valence-electron chi connectivity index (χ1n) is 11.2. The molecule has 3 heterocycles. The molecule has 180 valence electrons. The van der Waals surface area contributed by atoms with Crippen LogP contribution in [0.15, 0.2) is 48.8 Å². The first kappa shape index (κ1) is 25.2. The number of nitrogens with zero attached hydrogens (tertiary/aromatic N) is 4. The number of hydrogen-bond acceptors (Lipinski definition) is 6. The minimum Gasteiger partial charge on any atom is -0.357 e. The first-order chi connectivity index (χ1) is 16.9. The van der Waals surface area contributed by atoms with Crippen LogP contribution in [0, 0.1) is 6.92 Å². The Hall–Kier alpha value is -3.89. The summed E-state index contributed by atoms with van der Waals surface area (Å²) in [5, 5.41) is 6.04. The molecule has 0 radical (unpaired) electrons. The van der Waals surface area contributed by atoms with Crippen molar-refractivity contribution in [3.05, 3.63) is 71.3 Å². The maximum absolute atomic E-state index is 13.0. The molecule has 36 heavy (non-hydrogen) atoms. The van der Waals surface area contributed by atoms with Crippen LogP contribution in [0.2, 0.25) is 0 Å². The van der Waals surface area contributed by atoms with Gasteiger partial charge in [0.1, 0.15) is 5.69 Å². The number of benzene rings is 1. The summed E-state index contributed by atoms with van der Waals surface area (Å²) in [5.74, 6) is -0.202. The molecule has 7 nitrogen and oxygen atoms in total. The summed E-state index contributed by atoms with van der Waals surface area (Å²) in [4.78, 5) is 29.7. The highest BCUT2D eigenvalue weighted by Crippen LogP contribution is 2.34. The van der Waals surface area contributed by atoms with E-state index in [4.69, 9.17) is 4.98 Å². The number of pyridine rings is 2. The number of nitrogens with one attached hydrogen (secondary N) is 2. The van der Waals surface area contributed by atoms with Crippen LogP contribution in [-0.2, 0) is 11.3 Å². The Kier molecular flexibility index (Phi) is 6.51. The van der Waals surface area contributed by atoms with Crippen molar-refractivity contribution in [3.63, 3.8) is 0 Å². The number of alkyl halides is 3. The summed E-state index contributed by atoms with van der Waals surface area (Å²) in [6.07, 6.45) is -1.98. The van der Waals surface area contributed by atoms with E-state index in [0.717, 1.165) is 40.0 Å². The van der Waals surface area contributed by atoms with Gasteiger partial charge in [-0.25, -0.2) is 9.97 Å². The van der Waals surface area contributed by atoms with E-state index >= 15 is 0 Å². The van der Waals surface area contributed by atoms with Crippen LogP contribution in [0.1, 0.15) is 27.3 Å². The van der Waals surface area contributed by atoms with Crippen molar-refractivity contribution in [1.82, 2.24) is 19.9 Å². The lowest BCUT2D eigenvalue weighted by molar-refractivity contribution is -0.141. The fourth-order valence-corrected chi connectivity index (χ4v) is 3.78. The lowest BCUT2D eigenvalue weighted by Crippen LogP contribution is -2.29. The third kappa shape index (κ3) is 5.19. The number of carbonyl (C=O) groups is 1. The van der Waals surface area contributed by atoms with E-state index in [1.165, 1.54) is 6.07 Å². The second-order valence-corrected chi connectivity index (χ2v) is 9.40. The molecule has 4 aromatic rings. The van der Waals surface area contributed by atoms with E-state index < -0.39 is 17.8 Å². The van der Waals surface area contributed by atoms with E-state index in [1.807, 2.05) is 42.6 Å². The third-order valence-electron chi connectivity index (χ3n) is 5.60. The van der Waals surface area contributed by atoms with E-state index in [1.54, 1.807) is 25.4 Å². The van der Waals surface area contributed by atoms with Crippen LogP contribution in [0.25, 0.3) is 22.2 Å². The van der Waals surface area contributed by atoms with Crippen LogP contribution in [0.5, 0.6) is 0 Å². The Morgan fingerprint density at radius 2 is 1.72 bits per heavy atom. The van der Waals surface area contributed by atoms with Crippen molar-refractivity contribution in [2.24, 2.45) is 0 Å². The quantitative estimate of drug-likeness (QED) is 0.416. The van der Waals surface area contributed by atoms with E-state index in [-0.39, 0.29) is 10.7 Å². The number of rotatable bonds is 5. The van der Waals surface area contributed by atoms with Gasteiger partial charge in [-0.05, 0) is 48.4 Å². The molecule has 0 fully saturated rings. The van der Waals surface area contributed by atoms with Crippen molar-refractivity contribution in [2.75, 3.05) is 17.7 Å². The highest BCUT2D eigenvalue weighted by molar-refractivity contribution is 6.59. The van der Waals surface area contributed by atoms with Gasteiger partial charge in [-0.2, -0.15) is 18.2 Å². The van der Waals surface area contributed by atoms with Gasteiger partial charge in [0.05, 0.1) is 23.5 Å². The lowest BCUT2D eigenvalue weighted by atomic mass is 9.40. The third-order valence-corrected chi connectivity index (χ3v) is 5.60. The Balaban J connectivity index is 1.77. The Morgan fingerprint density at radius 1 is 0.972 bits per heavy atom. The molecule has 0 saturated carbocycles. The topological polar surface area (TPSA) is 92.7 Å². The van der Waals surface area contributed by atoms with Crippen LogP contribution in [-0.4, -0.2) is 56.4 Å². The van der Waals surface area contributed by atoms with Gasteiger partial charge >= 0.3 is 6.18 Å². The van der Waals surface area contributed by atoms with Crippen molar-refractivity contribution in [2.45, 2.75) is 18.2 Å². The van der Waals surface area contributed by atoms with Gasteiger partial charge in [0.25, 0.3) is 5.91 Å². The summed E-state index contributed by atoms with van der Waals surface area (Å²) in [6.45, 7) is 1.94. The van der Waals surface area contributed by atoms with Gasteiger partial charge in [0.15, 0.2) is 5.65 Å². The van der Waals surface area contributed by atoms with Crippen molar-refractivity contribution >= 4 is 52.1 Å². The molecule has 4 rings (SSSR count). The van der Waals surface area contributed by atoms with E-state index in [0.29, 0.717) is 17.3 Å². The predicted octanol–water partition coefficient (Wildman–Crippen LogP) is 1.72. The highest BCUT2D eigenvalue weighted by Gasteiger charge is 2.33. The standard InChI is InChI=1S/C23H22B3F3N6O/c1-11-3-4-14(33-20(36)12-5-6-31-17(8-12)23(27,28)29)9-15(11)16-7-13-10-32-21(30-2)35-19(13)34-18(16)22(24,25)26/h3-10H,24-26H2,1-2H3,(H,33,36)(H,30,32,34,35). The number of carbonyl (C=O) groups excluding carboxylic acids is 1. The summed E-state index contributed by atoms with van der Waals surface area (Å²) in [6, 6.07) is 9.28. The molecule has 0 saturated heterocycles. The number of halogens is 3. The molecule has 0 aliphatic rings.